The summed E-state index contributed by atoms with van der Waals surface area (Å²) < 4.78 is 71.0. The Labute approximate surface area is 148 Å². The number of nitrogens with zero attached hydrogens (tertiary/aromatic N) is 4. The molecular formula is C16H13F5N4O2. The average molecular weight is 388 g/mol. The van der Waals surface area contributed by atoms with Crippen LogP contribution in [0.5, 0.6) is 5.75 Å². The maximum Gasteiger partial charge on any atom is 0.390 e. The van der Waals surface area contributed by atoms with Crippen molar-refractivity contribution >= 4 is 5.65 Å². The molecule has 0 radical (unpaired) electrons. The van der Waals surface area contributed by atoms with Crippen LogP contribution in [0.25, 0.3) is 16.8 Å². The molecule has 3 heterocycles. The van der Waals surface area contributed by atoms with Crippen LogP contribution < -0.4 is 10.3 Å². The standard InChI is InChI=1S/C16H13F5N4O2/c1-27-10-2-4-25-11(6-10)23-13(14(17)18)12(15(25)26)9-7-22-24(8-9)5-3-16(19,20)21/h2,4,6-8,14H,3,5H2,1H3. The summed E-state index contributed by atoms with van der Waals surface area (Å²) in [4.78, 5) is 16.5. The third-order valence-electron chi connectivity index (χ3n) is 3.82. The maximum absolute atomic E-state index is 13.5. The molecule has 0 aliphatic rings. The summed E-state index contributed by atoms with van der Waals surface area (Å²) >= 11 is 0. The summed E-state index contributed by atoms with van der Waals surface area (Å²) in [6, 6.07) is 2.78. The molecule has 0 aliphatic carbocycles. The summed E-state index contributed by atoms with van der Waals surface area (Å²) in [5, 5.41) is 3.72. The Hall–Kier alpha value is -2.98. The summed E-state index contributed by atoms with van der Waals surface area (Å²) in [5.74, 6) is 0.329. The summed E-state index contributed by atoms with van der Waals surface area (Å²) in [6.45, 7) is -0.493. The van der Waals surface area contributed by atoms with Crippen molar-refractivity contribution in [1.29, 1.82) is 0 Å². The lowest BCUT2D eigenvalue weighted by molar-refractivity contribution is -0.137. The zero-order valence-electron chi connectivity index (χ0n) is 13.9. The second kappa shape index (κ2) is 6.97. The number of methoxy groups -OCH3 is 1. The van der Waals surface area contributed by atoms with Crippen molar-refractivity contribution in [3.63, 3.8) is 0 Å². The number of fused-ring (bicyclic) bond motifs is 1. The van der Waals surface area contributed by atoms with E-state index in [-0.39, 0.29) is 11.2 Å². The number of rotatable bonds is 5. The molecule has 0 spiro atoms. The molecule has 11 heteroatoms. The highest BCUT2D eigenvalue weighted by Gasteiger charge is 2.27. The highest BCUT2D eigenvalue weighted by atomic mass is 19.4. The third kappa shape index (κ3) is 3.91. The Morgan fingerprint density at radius 3 is 2.67 bits per heavy atom. The van der Waals surface area contributed by atoms with Crippen LogP contribution >= 0.6 is 0 Å². The van der Waals surface area contributed by atoms with Crippen LogP contribution in [0.4, 0.5) is 22.0 Å². The number of halogens is 5. The van der Waals surface area contributed by atoms with E-state index in [1.165, 1.54) is 25.4 Å². The van der Waals surface area contributed by atoms with Crippen LogP contribution in [0.15, 0.2) is 35.5 Å². The van der Waals surface area contributed by atoms with E-state index >= 15 is 0 Å². The molecule has 0 aliphatic heterocycles. The minimum absolute atomic E-state index is 0.0322. The molecule has 0 N–H and O–H groups in total. The minimum atomic E-state index is -4.39. The highest BCUT2D eigenvalue weighted by molar-refractivity contribution is 5.66. The number of aryl methyl sites for hydroxylation is 1. The van der Waals surface area contributed by atoms with E-state index in [1.54, 1.807) is 0 Å². The maximum atomic E-state index is 13.5. The van der Waals surface area contributed by atoms with Crippen molar-refractivity contribution in [2.24, 2.45) is 0 Å². The molecule has 27 heavy (non-hydrogen) atoms. The van der Waals surface area contributed by atoms with Crippen LogP contribution in [0.1, 0.15) is 18.5 Å². The van der Waals surface area contributed by atoms with E-state index in [0.29, 0.717) is 5.75 Å². The van der Waals surface area contributed by atoms with Crippen LogP contribution in [-0.4, -0.2) is 32.5 Å². The lowest BCUT2D eigenvalue weighted by Crippen LogP contribution is -2.20. The molecule has 0 amide bonds. The molecule has 6 nitrogen and oxygen atoms in total. The van der Waals surface area contributed by atoms with Gasteiger partial charge in [0.25, 0.3) is 12.0 Å². The van der Waals surface area contributed by atoms with Gasteiger partial charge in [0.2, 0.25) is 0 Å². The predicted molar refractivity (Wildman–Crippen MR) is 84.9 cm³/mol. The molecule has 0 aromatic carbocycles. The first-order valence-corrected chi connectivity index (χ1v) is 7.67. The third-order valence-corrected chi connectivity index (χ3v) is 3.82. The smallest absolute Gasteiger partial charge is 0.390 e. The van der Waals surface area contributed by atoms with Gasteiger partial charge in [0.15, 0.2) is 0 Å². The number of hydrogen-bond acceptors (Lipinski definition) is 4. The van der Waals surface area contributed by atoms with Gasteiger partial charge in [0.1, 0.15) is 17.1 Å². The quantitative estimate of drug-likeness (QED) is 0.628. The normalized spacial score (nSPS) is 12.1. The molecular weight excluding hydrogens is 375 g/mol. The largest absolute Gasteiger partial charge is 0.497 e. The van der Waals surface area contributed by atoms with Crippen molar-refractivity contribution in [2.45, 2.75) is 25.6 Å². The van der Waals surface area contributed by atoms with Gasteiger partial charge in [0.05, 0.1) is 25.3 Å². The molecule has 0 bridgehead atoms. The van der Waals surface area contributed by atoms with Crippen molar-refractivity contribution in [1.82, 2.24) is 19.2 Å². The SMILES string of the molecule is COc1ccn2c(=O)c(-c3cnn(CCC(F)(F)F)c3)c(C(F)F)nc2c1. The topological polar surface area (TPSA) is 61.4 Å². The van der Waals surface area contributed by atoms with Crippen LogP contribution in [0, 0.1) is 0 Å². The molecule has 3 rings (SSSR count). The number of hydrogen-bond donors (Lipinski definition) is 0. The van der Waals surface area contributed by atoms with Crippen molar-refractivity contribution in [2.75, 3.05) is 7.11 Å². The lowest BCUT2D eigenvalue weighted by atomic mass is 10.1. The Morgan fingerprint density at radius 1 is 1.30 bits per heavy atom. The summed E-state index contributed by atoms with van der Waals surface area (Å²) in [5.41, 5.74) is -2.04. The van der Waals surface area contributed by atoms with E-state index in [0.717, 1.165) is 21.5 Å². The molecule has 0 saturated carbocycles. The predicted octanol–water partition coefficient (Wildman–Crippen LogP) is 3.46. The first kappa shape index (κ1) is 18.8. The molecule has 3 aromatic rings. The van der Waals surface area contributed by atoms with Crippen molar-refractivity contribution < 1.29 is 26.7 Å². The zero-order valence-corrected chi connectivity index (χ0v) is 13.9. The fourth-order valence-electron chi connectivity index (χ4n) is 2.55. The van der Waals surface area contributed by atoms with E-state index in [1.807, 2.05) is 0 Å². The van der Waals surface area contributed by atoms with Gasteiger partial charge < -0.3 is 4.74 Å². The van der Waals surface area contributed by atoms with Gasteiger partial charge in [0, 0.05) is 30.6 Å². The minimum Gasteiger partial charge on any atom is -0.497 e. The summed E-state index contributed by atoms with van der Waals surface area (Å²) in [6.07, 6.45) is -5.09. The van der Waals surface area contributed by atoms with Gasteiger partial charge in [-0.05, 0) is 6.07 Å². The monoisotopic (exact) mass is 388 g/mol. The van der Waals surface area contributed by atoms with Gasteiger partial charge in [-0.15, -0.1) is 0 Å². The van der Waals surface area contributed by atoms with Crippen LogP contribution in [0.3, 0.4) is 0 Å². The molecule has 144 valence electrons. The molecule has 0 fully saturated rings. The van der Waals surface area contributed by atoms with Crippen molar-refractivity contribution in [3.05, 3.63) is 46.8 Å². The lowest BCUT2D eigenvalue weighted by Gasteiger charge is -2.10. The van der Waals surface area contributed by atoms with E-state index in [2.05, 4.69) is 10.1 Å². The zero-order chi connectivity index (χ0) is 19.8. The summed E-state index contributed by atoms with van der Waals surface area (Å²) in [7, 11) is 1.38. The Bertz CT molecular complexity index is 1030. The van der Waals surface area contributed by atoms with Gasteiger partial charge in [-0.25, -0.2) is 13.8 Å². The van der Waals surface area contributed by atoms with Crippen LogP contribution in [-0.2, 0) is 6.54 Å². The first-order chi connectivity index (χ1) is 12.7. The van der Waals surface area contributed by atoms with Gasteiger partial charge >= 0.3 is 6.18 Å². The second-order valence-electron chi connectivity index (χ2n) is 5.63. The second-order valence-corrected chi connectivity index (χ2v) is 5.63. The molecule has 0 atom stereocenters. The van der Waals surface area contributed by atoms with E-state index in [4.69, 9.17) is 4.74 Å². The molecule has 0 saturated heterocycles. The van der Waals surface area contributed by atoms with Gasteiger partial charge in [-0.1, -0.05) is 0 Å². The average Bonchev–Trinajstić information content (AvgIpc) is 3.07. The van der Waals surface area contributed by atoms with Crippen molar-refractivity contribution in [3.8, 4) is 16.9 Å². The fraction of sp³-hybridized carbons (Fsp3) is 0.312. The Balaban J connectivity index is 2.10. The number of aromatic nitrogens is 4. The van der Waals surface area contributed by atoms with Gasteiger partial charge in [-0.3, -0.25) is 13.9 Å². The molecule has 0 unspecified atom stereocenters. The number of alkyl halides is 5. The Morgan fingerprint density at radius 2 is 2.04 bits per heavy atom. The Kier molecular flexibility index (Phi) is 4.85. The number of pyridine rings is 1. The van der Waals surface area contributed by atoms with E-state index < -0.39 is 42.4 Å². The first-order valence-electron chi connectivity index (χ1n) is 7.67. The number of ether oxygens (including phenoxy) is 1. The van der Waals surface area contributed by atoms with Crippen LogP contribution in [0.2, 0.25) is 0 Å². The fourth-order valence-corrected chi connectivity index (χ4v) is 2.55. The highest BCUT2D eigenvalue weighted by Crippen LogP contribution is 2.28. The van der Waals surface area contributed by atoms with Gasteiger partial charge in [-0.2, -0.15) is 18.3 Å². The van der Waals surface area contributed by atoms with E-state index in [9.17, 15) is 26.7 Å². The molecule has 3 aromatic heterocycles.